The van der Waals surface area contributed by atoms with Crippen LogP contribution in [0.3, 0.4) is 0 Å². The predicted octanol–water partition coefficient (Wildman–Crippen LogP) is 3.02. The maximum Gasteiger partial charge on any atom is 0.315 e. The van der Waals surface area contributed by atoms with Gasteiger partial charge in [0.1, 0.15) is 0 Å². The number of carbonyl (C=O) groups is 2. The van der Waals surface area contributed by atoms with E-state index in [1.54, 1.807) is 13.8 Å². The predicted molar refractivity (Wildman–Crippen MR) is 86.4 cm³/mol. The third kappa shape index (κ3) is 6.61. The molecule has 122 valence electrons. The Balaban J connectivity index is 2.43. The molecule has 5 heteroatoms. The smallest absolute Gasteiger partial charge is 0.315 e. The first kappa shape index (κ1) is 18.0. The topological polar surface area (TPSA) is 67.4 Å². The third-order valence-electron chi connectivity index (χ3n) is 3.09. The Bertz CT molecular complexity index is 472. The minimum atomic E-state index is -0.307. The van der Waals surface area contributed by atoms with Crippen molar-refractivity contribution < 1.29 is 14.3 Å². The third-order valence-corrected chi connectivity index (χ3v) is 3.09. The van der Waals surface area contributed by atoms with Crippen LogP contribution in [0.5, 0.6) is 0 Å². The lowest BCUT2D eigenvalue weighted by atomic mass is 9.96. The lowest BCUT2D eigenvalue weighted by Gasteiger charge is -2.23. The molecule has 5 nitrogen and oxygen atoms in total. The highest BCUT2D eigenvalue weighted by molar-refractivity contribution is 5.76. The van der Waals surface area contributed by atoms with Crippen molar-refractivity contribution in [2.45, 2.75) is 46.3 Å². The Morgan fingerprint density at radius 3 is 2.27 bits per heavy atom. The Labute approximate surface area is 132 Å². The monoisotopic (exact) mass is 306 g/mol. The van der Waals surface area contributed by atoms with Crippen LogP contribution in [0.15, 0.2) is 30.3 Å². The van der Waals surface area contributed by atoms with Gasteiger partial charge in [0, 0.05) is 6.54 Å². The molecule has 1 rings (SSSR count). The maximum absolute atomic E-state index is 12.0. The van der Waals surface area contributed by atoms with E-state index in [9.17, 15) is 9.59 Å². The molecule has 1 aromatic carbocycles. The van der Waals surface area contributed by atoms with Gasteiger partial charge in [0.25, 0.3) is 0 Å². The molecular weight excluding hydrogens is 280 g/mol. The van der Waals surface area contributed by atoms with Crippen LogP contribution < -0.4 is 10.6 Å². The van der Waals surface area contributed by atoms with Crippen molar-refractivity contribution in [3.63, 3.8) is 0 Å². The van der Waals surface area contributed by atoms with Crippen LogP contribution in [0.4, 0.5) is 4.79 Å². The van der Waals surface area contributed by atoms with E-state index in [-0.39, 0.29) is 43.0 Å². The van der Waals surface area contributed by atoms with Crippen LogP contribution in [-0.2, 0) is 9.53 Å². The molecule has 0 aromatic heterocycles. The first-order chi connectivity index (χ1) is 10.4. The average molecular weight is 306 g/mol. The molecule has 0 unspecified atom stereocenters. The van der Waals surface area contributed by atoms with Crippen LogP contribution in [0.1, 0.15) is 45.7 Å². The van der Waals surface area contributed by atoms with Gasteiger partial charge in [0.15, 0.2) is 0 Å². The van der Waals surface area contributed by atoms with E-state index in [0.29, 0.717) is 0 Å². The van der Waals surface area contributed by atoms with Crippen molar-refractivity contribution in [3.05, 3.63) is 35.9 Å². The van der Waals surface area contributed by atoms with E-state index in [4.69, 9.17) is 4.74 Å². The van der Waals surface area contributed by atoms with Gasteiger partial charge in [-0.2, -0.15) is 0 Å². The average Bonchev–Trinajstić information content (AvgIpc) is 2.44. The summed E-state index contributed by atoms with van der Waals surface area (Å²) in [5, 5.41) is 5.64. The number of benzene rings is 1. The number of rotatable bonds is 7. The van der Waals surface area contributed by atoms with E-state index in [0.717, 1.165) is 5.56 Å². The summed E-state index contributed by atoms with van der Waals surface area (Å²) in [5.74, 6) is -0.0437. The molecular formula is C17H26N2O3. The zero-order chi connectivity index (χ0) is 16.5. The van der Waals surface area contributed by atoms with Crippen LogP contribution in [0, 0.1) is 5.92 Å². The zero-order valence-corrected chi connectivity index (χ0v) is 13.8. The highest BCUT2D eigenvalue weighted by Gasteiger charge is 2.18. The minimum absolute atomic E-state index is 0.0659. The minimum Gasteiger partial charge on any atom is -0.463 e. The number of hydrogen-bond donors (Lipinski definition) is 2. The van der Waals surface area contributed by atoms with E-state index >= 15 is 0 Å². The molecule has 0 bridgehead atoms. The molecule has 0 saturated heterocycles. The van der Waals surface area contributed by atoms with Crippen LogP contribution in [-0.4, -0.2) is 24.6 Å². The Morgan fingerprint density at radius 2 is 1.73 bits per heavy atom. The molecule has 0 spiro atoms. The quantitative estimate of drug-likeness (QED) is 0.761. The molecule has 1 aromatic rings. The van der Waals surface area contributed by atoms with Crippen LogP contribution >= 0.6 is 0 Å². The van der Waals surface area contributed by atoms with Gasteiger partial charge in [-0.15, -0.1) is 0 Å². The normalized spacial score (nSPS) is 12.1. The fraction of sp³-hybridized carbons (Fsp3) is 0.529. The standard InChI is InChI=1S/C17H26N2O3/c1-12(2)16(14-8-6-5-7-9-14)19-17(21)18-11-10-15(20)22-13(3)4/h5-9,12-13,16H,10-11H2,1-4H3,(H2,18,19,21)/t16-/m1/s1. The number of esters is 1. The molecule has 22 heavy (non-hydrogen) atoms. The number of amides is 2. The van der Waals surface area contributed by atoms with Crippen LogP contribution in [0.2, 0.25) is 0 Å². The van der Waals surface area contributed by atoms with Crippen molar-refractivity contribution >= 4 is 12.0 Å². The second-order valence-electron chi connectivity index (χ2n) is 5.82. The van der Waals surface area contributed by atoms with Crippen LogP contribution in [0.25, 0.3) is 0 Å². The summed E-state index contributed by atoms with van der Waals surface area (Å²) in [7, 11) is 0. The first-order valence-electron chi connectivity index (χ1n) is 7.69. The number of ether oxygens (including phenoxy) is 1. The molecule has 0 radical (unpaired) electrons. The lowest BCUT2D eigenvalue weighted by molar-refractivity contribution is -0.147. The summed E-state index contributed by atoms with van der Waals surface area (Å²) in [5.41, 5.74) is 1.06. The molecule has 0 heterocycles. The highest BCUT2D eigenvalue weighted by Crippen LogP contribution is 2.20. The maximum atomic E-state index is 12.0. The fourth-order valence-electron chi connectivity index (χ4n) is 2.09. The summed E-state index contributed by atoms with van der Waals surface area (Å²) in [6, 6.07) is 9.49. The lowest BCUT2D eigenvalue weighted by Crippen LogP contribution is -2.40. The van der Waals surface area contributed by atoms with Gasteiger partial charge in [0.05, 0.1) is 18.6 Å². The summed E-state index contributed by atoms with van der Waals surface area (Å²) in [6.07, 6.45) is 0.0354. The second kappa shape index (κ2) is 9.07. The molecule has 0 fully saturated rings. The molecule has 0 aliphatic heterocycles. The SMILES string of the molecule is CC(C)OC(=O)CCNC(=O)N[C@@H](c1ccccc1)C(C)C. The second-order valence-corrected chi connectivity index (χ2v) is 5.82. The summed E-state index contributed by atoms with van der Waals surface area (Å²) < 4.78 is 5.01. The molecule has 2 amide bonds. The largest absolute Gasteiger partial charge is 0.463 e. The van der Waals surface area contributed by atoms with Gasteiger partial charge in [-0.25, -0.2) is 4.79 Å². The number of carbonyl (C=O) groups excluding carboxylic acids is 2. The summed E-state index contributed by atoms with van der Waals surface area (Å²) >= 11 is 0. The molecule has 1 atom stereocenters. The van der Waals surface area contributed by atoms with Gasteiger partial charge in [0.2, 0.25) is 0 Å². The van der Waals surface area contributed by atoms with Crippen molar-refractivity contribution in [2.24, 2.45) is 5.92 Å². The summed E-state index contributed by atoms with van der Waals surface area (Å²) in [4.78, 5) is 23.4. The van der Waals surface area contributed by atoms with Gasteiger partial charge < -0.3 is 15.4 Å². The first-order valence-corrected chi connectivity index (χ1v) is 7.69. The van der Waals surface area contributed by atoms with Crippen molar-refractivity contribution in [2.75, 3.05) is 6.54 Å². The van der Waals surface area contributed by atoms with Gasteiger partial charge in [-0.3, -0.25) is 4.79 Å². The van der Waals surface area contributed by atoms with Crippen molar-refractivity contribution in [3.8, 4) is 0 Å². The van der Waals surface area contributed by atoms with E-state index in [2.05, 4.69) is 24.5 Å². The van der Waals surface area contributed by atoms with E-state index in [1.165, 1.54) is 0 Å². The molecule has 0 aliphatic rings. The number of hydrogen-bond acceptors (Lipinski definition) is 3. The molecule has 0 saturated carbocycles. The van der Waals surface area contributed by atoms with E-state index < -0.39 is 0 Å². The summed E-state index contributed by atoms with van der Waals surface area (Å²) in [6.45, 7) is 7.96. The Morgan fingerprint density at radius 1 is 1.09 bits per heavy atom. The highest BCUT2D eigenvalue weighted by atomic mass is 16.5. The Kier molecular flexibility index (Phi) is 7.43. The van der Waals surface area contributed by atoms with Gasteiger partial charge in [-0.05, 0) is 25.3 Å². The fourth-order valence-corrected chi connectivity index (χ4v) is 2.09. The van der Waals surface area contributed by atoms with Gasteiger partial charge >= 0.3 is 12.0 Å². The molecule has 2 N–H and O–H groups in total. The Hall–Kier alpha value is -2.04. The van der Waals surface area contributed by atoms with Crippen molar-refractivity contribution in [1.82, 2.24) is 10.6 Å². The number of urea groups is 1. The number of nitrogens with one attached hydrogen (secondary N) is 2. The van der Waals surface area contributed by atoms with Gasteiger partial charge in [-0.1, -0.05) is 44.2 Å². The van der Waals surface area contributed by atoms with Crippen molar-refractivity contribution in [1.29, 1.82) is 0 Å². The molecule has 0 aliphatic carbocycles. The van der Waals surface area contributed by atoms with E-state index in [1.807, 2.05) is 30.3 Å². The zero-order valence-electron chi connectivity index (χ0n) is 13.8.